The minimum Gasteiger partial charge on any atom is -0.382 e. The van der Waals surface area contributed by atoms with Crippen LogP contribution in [0.1, 0.15) is 32.3 Å². The van der Waals surface area contributed by atoms with Crippen molar-refractivity contribution < 1.29 is 4.39 Å². The number of halogens is 1. The summed E-state index contributed by atoms with van der Waals surface area (Å²) in [6, 6.07) is 6.50. The van der Waals surface area contributed by atoms with Crippen LogP contribution in [0.4, 0.5) is 10.1 Å². The van der Waals surface area contributed by atoms with Gasteiger partial charge in [0, 0.05) is 30.9 Å². The highest BCUT2D eigenvalue weighted by Gasteiger charge is 2.20. The average Bonchev–Trinajstić information content (AvgIpc) is 2.34. The van der Waals surface area contributed by atoms with Gasteiger partial charge >= 0.3 is 0 Å². The molecule has 1 aromatic rings. The van der Waals surface area contributed by atoms with E-state index in [1.165, 1.54) is 0 Å². The molecule has 3 heteroatoms. The van der Waals surface area contributed by atoms with E-state index in [1.807, 2.05) is 12.1 Å². The lowest BCUT2D eigenvalue weighted by atomic mass is 10.0. The Morgan fingerprint density at radius 2 is 1.94 bits per heavy atom. The molecule has 0 spiro atoms. The molecule has 1 aromatic carbocycles. The topological polar surface area (TPSA) is 15.3 Å². The first kappa shape index (κ1) is 13.3. The highest BCUT2D eigenvalue weighted by Crippen LogP contribution is 2.19. The van der Waals surface area contributed by atoms with Crippen molar-refractivity contribution in [3.63, 3.8) is 0 Å². The predicted molar refractivity (Wildman–Crippen MR) is 74.5 cm³/mol. The summed E-state index contributed by atoms with van der Waals surface area (Å²) in [5, 5.41) is 3.44. The first-order valence-electron chi connectivity index (χ1n) is 6.83. The van der Waals surface area contributed by atoms with Gasteiger partial charge in [0.1, 0.15) is 5.82 Å². The molecule has 0 amide bonds. The molecule has 1 heterocycles. The Morgan fingerprint density at radius 1 is 1.28 bits per heavy atom. The molecule has 0 aliphatic carbocycles. The molecule has 1 fully saturated rings. The van der Waals surface area contributed by atoms with Gasteiger partial charge in [0.05, 0.1) is 0 Å². The van der Waals surface area contributed by atoms with Crippen molar-refractivity contribution in [3.05, 3.63) is 29.6 Å². The van der Waals surface area contributed by atoms with Crippen LogP contribution < -0.4 is 5.32 Å². The summed E-state index contributed by atoms with van der Waals surface area (Å²) in [5.74, 6) is -0.125. The van der Waals surface area contributed by atoms with Crippen LogP contribution in [0, 0.1) is 12.7 Å². The normalized spacial score (nSPS) is 18.3. The molecule has 1 N–H and O–H groups in total. The molecule has 0 bridgehead atoms. The van der Waals surface area contributed by atoms with Crippen molar-refractivity contribution in [3.8, 4) is 0 Å². The van der Waals surface area contributed by atoms with Crippen molar-refractivity contribution in [1.82, 2.24) is 4.90 Å². The van der Waals surface area contributed by atoms with Crippen LogP contribution in [-0.2, 0) is 0 Å². The van der Waals surface area contributed by atoms with E-state index >= 15 is 0 Å². The lowest BCUT2D eigenvalue weighted by Crippen LogP contribution is -2.42. The predicted octanol–water partition coefficient (Wildman–Crippen LogP) is 3.42. The molecule has 2 nitrogen and oxygen atoms in total. The van der Waals surface area contributed by atoms with Crippen LogP contribution in [0.3, 0.4) is 0 Å². The van der Waals surface area contributed by atoms with Crippen molar-refractivity contribution >= 4 is 5.69 Å². The summed E-state index contributed by atoms with van der Waals surface area (Å²) in [7, 11) is 0. The molecular weight excluding hydrogens is 227 g/mol. The van der Waals surface area contributed by atoms with Crippen LogP contribution in [-0.4, -0.2) is 30.1 Å². The number of hydrogen-bond acceptors (Lipinski definition) is 2. The largest absolute Gasteiger partial charge is 0.382 e. The number of piperidine rings is 1. The zero-order chi connectivity index (χ0) is 13.1. The maximum absolute atomic E-state index is 13.5. The van der Waals surface area contributed by atoms with Gasteiger partial charge in [-0.1, -0.05) is 6.07 Å². The number of nitrogens with one attached hydrogen (secondary N) is 1. The Bertz CT molecular complexity index is 395. The first-order chi connectivity index (χ1) is 8.56. The molecule has 0 atom stereocenters. The molecule has 1 aliphatic rings. The minimum atomic E-state index is -0.125. The lowest BCUT2D eigenvalue weighted by Gasteiger charge is -2.35. The van der Waals surface area contributed by atoms with Crippen molar-refractivity contribution in [1.29, 1.82) is 0 Å². The number of benzene rings is 1. The van der Waals surface area contributed by atoms with Crippen LogP contribution in [0.25, 0.3) is 0 Å². The van der Waals surface area contributed by atoms with Crippen LogP contribution >= 0.6 is 0 Å². The van der Waals surface area contributed by atoms with E-state index in [4.69, 9.17) is 0 Å². The van der Waals surface area contributed by atoms with E-state index in [2.05, 4.69) is 24.1 Å². The third-order valence-electron chi connectivity index (χ3n) is 3.80. The fraction of sp³-hybridized carbons (Fsp3) is 0.600. The SMILES string of the molecule is Cc1ccc(NC2CCN(C(C)C)CC2)cc1F. The van der Waals surface area contributed by atoms with Gasteiger partial charge in [0.2, 0.25) is 0 Å². The molecular formula is C15H23FN2. The first-order valence-corrected chi connectivity index (χ1v) is 6.83. The molecule has 1 saturated heterocycles. The smallest absolute Gasteiger partial charge is 0.128 e. The summed E-state index contributed by atoms with van der Waals surface area (Å²) in [6.45, 7) is 8.53. The van der Waals surface area contributed by atoms with Gasteiger partial charge in [0.15, 0.2) is 0 Å². The molecule has 18 heavy (non-hydrogen) atoms. The van der Waals surface area contributed by atoms with Crippen molar-refractivity contribution in [2.24, 2.45) is 0 Å². The monoisotopic (exact) mass is 250 g/mol. The molecule has 0 unspecified atom stereocenters. The van der Waals surface area contributed by atoms with Gasteiger partial charge < -0.3 is 10.2 Å². The molecule has 100 valence electrons. The van der Waals surface area contributed by atoms with Gasteiger partial charge in [-0.05, 0) is 51.3 Å². The Hall–Kier alpha value is -1.09. The Kier molecular flexibility index (Phi) is 4.23. The third-order valence-corrected chi connectivity index (χ3v) is 3.80. The van der Waals surface area contributed by atoms with E-state index in [1.54, 1.807) is 13.0 Å². The highest BCUT2D eigenvalue weighted by molar-refractivity contribution is 5.46. The van der Waals surface area contributed by atoms with E-state index in [0.29, 0.717) is 17.6 Å². The summed E-state index contributed by atoms with van der Waals surface area (Å²) in [6.07, 6.45) is 2.27. The van der Waals surface area contributed by atoms with Crippen molar-refractivity contribution in [2.75, 3.05) is 18.4 Å². The Balaban J connectivity index is 1.89. The maximum atomic E-state index is 13.5. The highest BCUT2D eigenvalue weighted by atomic mass is 19.1. The second-order valence-corrected chi connectivity index (χ2v) is 5.51. The fourth-order valence-electron chi connectivity index (χ4n) is 2.48. The van der Waals surface area contributed by atoms with E-state index in [0.717, 1.165) is 31.6 Å². The summed E-state index contributed by atoms with van der Waals surface area (Å²) < 4.78 is 13.5. The second kappa shape index (κ2) is 5.70. The average molecular weight is 250 g/mol. The number of nitrogens with zero attached hydrogens (tertiary/aromatic N) is 1. The summed E-state index contributed by atoms with van der Waals surface area (Å²) in [5.41, 5.74) is 1.61. The molecule has 2 rings (SSSR count). The number of rotatable bonds is 3. The third kappa shape index (κ3) is 3.22. The van der Waals surface area contributed by atoms with E-state index < -0.39 is 0 Å². The number of anilines is 1. The van der Waals surface area contributed by atoms with Crippen molar-refractivity contribution in [2.45, 2.75) is 45.7 Å². The van der Waals surface area contributed by atoms with Gasteiger partial charge in [0.25, 0.3) is 0 Å². The number of hydrogen-bond donors (Lipinski definition) is 1. The van der Waals surface area contributed by atoms with E-state index in [9.17, 15) is 4.39 Å². The molecule has 0 aromatic heterocycles. The molecule has 0 saturated carbocycles. The van der Waals surface area contributed by atoms with Gasteiger partial charge in [-0.25, -0.2) is 4.39 Å². The maximum Gasteiger partial charge on any atom is 0.128 e. The zero-order valence-corrected chi connectivity index (χ0v) is 11.5. The van der Waals surface area contributed by atoms with Crippen LogP contribution in [0.2, 0.25) is 0 Å². The standard InChI is InChI=1S/C15H23FN2/c1-11(2)18-8-6-13(7-9-18)17-14-5-4-12(3)15(16)10-14/h4-5,10-11,13,17H,6-9H2,1-3H3. The minimum absolute atomic E-state index is 0.125. The quantitative estimate of drug-likeness (QED) is 0.884. The second-order valence-electron chi connectivity index (χ2n) is 5.51. The Labute approximate surface area is 109 Å². The van der Waals surface area contributed by atoms with Gasteiger partial charge in [-0.3, -0.25) is 0 Å². The molecule has 0 radical (unpaired) electrons. The molecule has 1 aliphatic heterocycles. The van der Waals surface area contributed by atoms with Gasteiger partial charge in [-0.15, -0.1) is 0 Å². The number of aryl methyl sites for hydroxylation is 1. The van der Waals surface area contributed by atoms with Crippen LogP contribution in [0.5, 0.6) is 0 Å². The lowest BCUT2D eigenvalue weighted by molar-refractivity contribution is 0.177. The Morgan fingerprint density at radius 3 is 2.50 bits per heavy atom. The van der Waals surface area contributed by atoms with Gasteiger partial charge in [-0.2, -0.15) is 0 Å². The summed E-state index contributed by atoms with van der Waals surface area (Å²) in [4.78, 5) is 2.49. The number of likely N-dealkylation sites (tertiary alicyclic amines) is 1. The summed E-state index contributed by atoms with van der Waals surface area (Å²) >= 11 is 0. The van der Waals surface area contributed by atoms with Crippen LogP contribution in [0.15, 0.2) is 18.2 Å². The zero-order valence-electron chi connectivity index (χ0n) is 11.5. The fourth-order valence-corrected chi connectivity index (χ4v) is 2.48. The van der Waals surface area contributed by atoms with E-state index in [-0.39, 0.29) is 5.82 Å².